The Hall–Kier alpha value is -2.24. The fourth-order valence-electron chi connectivity index (χ4n) is 1.51. The Morgan fingerprint density at radius 3 is 2.60 bits per heavy atom. The van der Waals surface area contributed by atoms with E-state index in [0.29, 0.717) is 0 Å². The topological polar surface area (TPSA) is 75.2 Å². The van der Waals surface area contributed by atoms with Gasteiger partial charge in [-0.25, -0.2) is 9.97 Å². The molecule has 0 spiro atoms. The maximum Gasteiger partial charge on any atom is 0.227 e. The molecule has 1 aromatic carbocycles. The molecule has 0 aliphatic carbocycles. The van der Waals surface area contributed by atoms with Crippen molar-refractivity contribution in [2.45, 2.75) is 6.17 Å². The van der Waals surface area contributed by atoms with Crippen LogP contribution in [0.15, 0.2) is 51.3 Å². The molecule has 1 aliphatic heterocycles. The quantitative estimate of drug-likeness (QED) is 0.705. The molecular weight excluding hydrogens is 192 g/mol. The molecule has 0 radical (unpaired) electrons. The second-order valence-corrected chi connectivity index (χ2v) is 3.06. The summed E-state index contributed by atoms with van der Waals surface area (Å²) >= 11 is 0. The van der Waals surface area contributed by atoms with Gasteiger partial charge in [0.1, 0.15) is 12.0 Å². The van der Waals surface area contributed by atoms with Crippen molar-refractivity contribution in [1.29, 1.82) is 0 Å². The van der Waals surface area contributed by atoms with E-state index in [1.807, 2.05) is 24.3 Å². The van der Waals surface area contributed by atoms with E-state index in [1.165, 1.54) is 6.33 Å². The third kappa shape index (κ3) is 1.26. The largest absolute Gasteiger partial charge is 0.236 e. The molecule has 2 heterocycles. The number of benzene rings is 1. The van der Waals surface area contributed by atoms with Gasteiger partial charge in [0.25, 0.3) is 0 Å². The first-order chi connectivity index (χ1) is 7.45. The van der Waals surface area contributed by atoms with Crippen molar-refractivity contribution in [3.05, 3.63) is 36.3 Å². The fourth-order valence-corrected chi connectivity index (χ4v) is 1.51. The zero-order valence-electron chi connectivity index (χ0n) is 7.65. The minimum atomic E-state index is -0.419. The Morgan fingerprint density at radius 2 is 1.73 bits per heavy atom. The van der Waals surface area contributed by atoms with Crippen LogP contribution in [-0.2, 0) is 0 Å². The zero-order chi connectivity index (χ0) is 10.1. The predicted molar refractivity (Wildman–Crippen MR) is 52.0 cm³/mol. The van der Waals surface area contributed by atoms with Gasteiger partial charge in [-0.05, 0) is 16.5 Å². The van der Waals surface area contributed by atoms with Gasteiger partial charge in [0, 0.05) is 5.39 Å². The summed E-state index contributed by atoms with van der Waals surface area (Å²) in [5.41, 5.74) is 1.62. The van der Waals surface area contributed by atoms with E-state index in [1.54, 1.807) is 0 Å². The van der Waals surface area contributed by atoms with Gasteiger partial charge in [0.15, 0.2) is 0 Å². The summed E-state index contributed by atoms with van der Waals surface area (Å²) in [4.78, 5) is 8.33. The Balaban J connectivity index is 2.26. The Kier molecular flexibility index (Phi) is 1.71. The lowest BCUT2D eigenvalue weighted by Crippen LogP contribution is -1.96. The number of fused-ring (bicyclic) bond motifs is 1. The molecule has 72 valence electrons. The molecule has 1 aliphatic rings. The molecule has 0 unspecified atom stereocenters. The normalized spacial score (nSPS) is 15.2. The van der Waals surface area contributed by atoms with Gasteiger partial charge < -0.3 is 0 Å². The standard InChI is InChI=1S/C9H6N6/c1-2-4-7-6(3-1)8(11-5-10-7)9-12-14-15-13-9/h1-5,9H. The fraction of sp³-hybridized carbons (Fsp3) is 0.111. The molecular formula is C9H6N6. The van der Waals surface area contributed by atoms with E-state index < -0.39 is 6.17 Å². The average Bonchev–Trinajstić information content (AvgIpc) is 2.82. The first-order valence-electron chi connectivity index (χ1n) is 4.45. The van der Waals surface area contributed by atoms with Crippen molar-refractivity contribution in [3.8, 4) is 0 Å². The predicted octanol–water partition coefficient (Wildman–Crippen LogP) is 2.46. The van der Waals surface area contributed by atoms with Crippen molar-refractivity contribution in [1.82, 2.24) is 9.97 Å². The Bertz CT molecular complexity index is 544. The number of hydrogen-bond donors (Lipinski definition) is 0. The van der Waals surface area contributed by atoms with Crippen LogP contribution in [0.4, 0.5) is 0 Å². The van der Waals surface area contributed by atoms with Crippen molar-refractivity contribution in [2.24, 2.45) is 20.7 Å². The smallest absolute Gasteiger partial charge is 0.227 e. The van der Waals surface area contributed by atoms with E-state index >= 15 is 0 Å². The SMILES string of the molecule is c1ccc2c(C3N=NN=N3)ncnc2c1. The van der Waals surface area contributed by atoms with Gasteiger partial charge in [-0.15, -0.1) is 10.2 Å². The molecule has 3 rings (SSSR count). The van der Waals surface area contributed by atoms with Gasteiger partial charge >= 0.3 is 0 Å². The van der Waals surface area contributed by atoms with E-state index in [4.69, 9.17) is 0 Å². The summed E-state index contributed by atoms with van der Waals surface area (Å²) in [5.74, 6) is 0. The summed E-state index contributed by atoms with van der Waals surface area (Å²) in [6.07, 6.45) is 1.08. The summed E-state index contributed by atoms with van der Waals surface area (Å²) < 4.78 is 0. The minimum Gasteiger partial charge on any atom is -0.236 e. The highest BCUT2D eigenvalue weighted by Gasteiger charge is 2.17. The monoisotopic (exact) mass is 198 g/mol. The lowest BCUT2D eigenvalue weighted by molar-refractivity contribution is 0.740. The van der Waals surface area contributed by atoms with Gasteiger partial charge in [-0.2, -0.15) is 0 Å². The van der Waals surface area contributed by atoms with E-state index in [9.17, 15) is 0 Å². The third-order valence-corrected chi connectivity index (χ3v) is 2.18. The lowest BCUT2D eigenvalue weighted by atomic mass is 10.1. The van der Waals surface area contributed by atoms with E-state index in [2.05, 4.69) is 30.6 Å². The molecule has 0 N–H and O–H groups in total. The minimum absolute atomic E-state index is 0.419. The van der Waals surface area contributed by atoms with Crippen molar-refractivity contribution in [2.75, 3.05) is 0 Å². The molecule has 2 aromatic rings. The molecule has 0 saturated carbocycles. The van der Waals surface area contributed by atoms with Gasteiger partial charge in [-0.1, -0.05) is 18.2 Å². The Labute approximate surface area is 84.8 Å². The Morgan fingerprint density at radius 1 is 0.933 bits per heavy atom. The van der Waals surface area contributed by atoms with Crippen LogP contribution in [0.3, 0.4) is 0 Å². The second kappa shape index (κ2) is 3.16. The maximum absolute atomic E-state index is 4.17. The number of para-hydroxylation sites is 1. The van der Waals surface area contributed by atoms with Gasteiger partial charge in [0.2, 0.25) is 6.17 Å². The highest BCUT2D eigenvalue weighted by Crippen LogP contribution is 2.27. The summed E-state index contributed by atoms with van der Waals surface area (Å²) in [6.45, 7) is 0. The molecule has 6 heteroatoms. The van der Waals surface area contributed by atoms with Crippen LogP contribution in [0.5, 0.6) is 0 Å². The summed E-state index contributed by atoms with van der Waals surface area (Å²) in [7, 11) is 0. The zero-order valence-corrected chi connectivity index (χ0v) is 7.65. The average molecular weight is 198 g/mol. The van der Waals surface area contributed by atoms with Crippen LogP contribution in [0.25, 0.3) is 10.9 Å². The number of rotatable bonds is 1. The molecule has 0 atom stereocenters. The van der Waals surface area contributed by atoms with Crippen molar-refractivity contribution < 1.29 is 0 Å². The van der Waals surface area contributed by atoms with Crippen LogP contribution in [0.2, 0.25) is 0 Å². The van der Waals surface area contributed by atoms with Crippen LogP contribution >= 0.6 is 0 Å². The first-order valence-corrected chi connectivity index (χ1v) is 4.45. The molecule has 1 aromatic heterocycles. The van der Waals surface area contributed by atoms with Crippen molar-refractivity contribution >= 4 is 10.9 Å². The first kappa shape index (κ1) is 8.10. The summed E-state index contributed by atoms with van der Waals surface area (Å²) in [5, 5.41) is 15.6. The van der Waals surface area contributed by atoms with Crippen LogP contribution < -0.4 is 0 Å². The van der Waals surface area contributed by atoms with E-state index in [0.717, 1.165) is 16.6 Å². The van der Waals surface area contributed by atoms with Crippen LogP contribution in [0, 0.1) is 0 Å². The highest BCUT2D eigenvalue weighted by atomic mass is 15.6. The molecule has 0 fully saturated rings. The molecule has 0 bridgehead atoms. The maximum atomic E-state index is 4.17. The van der Waals surface area contributed by atoms with Crippen molar-refractivity contribution in [3.63, 3.8) is 0 Å². The summed E-state index contributed by atoms with van der Waals surface area (Å²) in [6, 6.07) is 7.72. The van der Waals surface area contributed by atoms with Gasteiger partial charge in [-0.3, -0.25) is 0 Å². The highest BCUT2D eigenvalue weighted by molar-refractivity contribution is 5.80. The molecule has 0 saturated heterocycles. The van der Waals surface area contributed by atoms with E-state index in [-0.39, 0.29) is 0 Å². The van der Waals surface area contributed by atoms with Gasteiger partial charge in [0.05, 0.1) is 5.52 Å². The number of hydrogen-bond acceptors (Lipinski definition) is 6. The van der Waals surface area contributed by atoms with Crippen LogP contribution in [-0.4, -0.2) is 9.97 Å². The molecule has 6 nitrogen and oxygen atoms in total. The lowest BCUT2D eigenvalue weighted by Gasteiger charge is -2.03. The second-order valence-electron chi connectivity index (χ2n) is 3.06. The van der Waals surface area contributed by atoms with Crippen LogP contribution in [0.1, 0.15) is 11.9 Å². The number of aromatic nitrogens is 2. The number of nitrogens with zero attached hydrogens (tertiary/aromatic N) is 6. The molecule has 15 heavy (non-hydrogen) atoms. The third-order valence-electron chi connectivity index (χ3n) is 2.18. The molecule has 0 amide bonds.